The molecule has 2 aliphatic rings. The van der Waals surface area contributed by atoms with Crippen molar-refractivity contribution in [1.82, 2.24) is 9.80 Å². The lowest BCUT2D eigenvalue weighted by Gasteiger charge is -2.29. The maximum atomic E-state index is 13.3. The summed E-state index contributed by atoms with van der Waals surface area (Å²) >= 11 is 0. The van der Waals surface area contributed by atoms with Gasteiger partial charge in [-0.05, 0) is 37.5 Å². The number of carboxylic acids is 1. The summed E-state index contributed by atoms with van der Waals surface area (Å²) in [5.74, 6) is -0.443. The third kappa shape index (κ3) is 6.18. The number of aliphatic carboxylic acids is 1. The molecule has 1 aromatic rings. The minimum atomic E-state index is -0.869. The molecular formula is C25H38N2O6. The smallest absolute Gasteiger partial charge is 0.308 e. The monoisotopic (exact) mass is 462 g/mol. The van der Waals surface area contributed by atoms with E-state index >= 15 is 0 Å². The van der Waals surface area contributed by atoms with Crippen molar-refractivity contribution in [2.75, 3.05) is 46.2 Å². The van der Waals surface area contributed by atoms with Crippen molar-refractivity contribution in [2.45, 2.75) is 58.4 Å². The van der Waals surface area contributed by atoms with Gasteiger partial charge in [0, 0.05) is 38.2 Å². The number of carboxylic acid groups (broad SMARTS) is 1. The van der Waals surface area contributed by atoms with Crippen LogP contribution in [0.2, 0.25) is 0 Å². The summed E-state index contributed by atoms with van der Waals surface area (Å²) in [5, 5.41) is 10.2. The fraction of sp³-hybridized carbons (Fsp3) is 0.680. The second-order valence-electron chi connectivity index (χ2n) is 8.83. The van der Waals surface area contributed by atoms with E-state index in [9.17, 15) is 14.7 Å². The van der Waals surface area contributed by atoms with Crippen LogP contribution >= 0.6 is 0 Å². The van der Waals surface area contributed by atoms with E-state index < -0.39 is 11.9 Å². The van der Waals surface area contributed by atoms with Crippen LogP contribution in [0, 0.1) is 5.92 Å². The minimum absolute atomic E-state index is 0.0638. The van der Waals surface area contributed by atoms with Crippen molar-refractivity contribution in [1.29, 1.82) is 0 Å². The first kappa shape index (κ1) is 25.3. The molecule has 33 heavy (non-hydrogen) atoms. The standard InChI is InChI=1S/C25H38N2O6/c1-4-7-11-26(12-8-5-2)23(28)15-27-14-19(24(25(29)30)20(27)16-31-6-3)18-9-10-21-22(13-18)33-17-32-21/h9-10,13,19-20,24H,4-8,11-12,14-17H2,1-3H3,(H,29,30)/t19-,20-,24+/m1/s1. The number of rotatable bonds is 13. The molecule has 0 unspecified atom stereocenters. The molecule has 2 heterocycles. The number of unbranched alkanes of at least 4 members (excludes halogenated alkanes) is 2. The van der Waals surface area contributed by atoms with E-state index in [0.29, 0.717) is 24.7 Å². The largest absolute Gasteiger partial charge is 0.481 e. The van der Waals surface area contributed by atoms with Crippen LogP contribution < -0.4 is 9.47 Å². The summed E-state index contributed by atoms with van der Waals surface area (Å²) in [6.07, 6.45) is 3.99. The molecule has 0 aliphatic carbocycles. The maximum absolute atomic E-state index is 13.3. The van der Waals surface area contributed by atoms with Crippen LogP contribution in [0.25, 0.3) is 0 Å². The van der Waals surface area contributed by atoms with Crippen LogP contribution in [0.15, 0.2) is 18.2 Å². The molecule has 1 aromatic carbocycles. The van der Waals surface area contributed by atoms with Crippen molar-refractivity contribution in [3.63, 3.8) is 0 Å². The summed E-state index contributed by atoms with van der Waals surface area (Å²) in [6.45, 7) is 9.26. The molecular weight excluding hydrogens is 424 g/mol. The lowest BCUT2D eigenvalue weighted by atomic mass is 9.85. The molecule has 0 bridgehead atoms. The number of hydrogen-bond acceptors (Lipinski definition) is 6. The SMILES string of the molecule is CCCCN(CCCC)C(=O)CN1C[C@H](c2ccc3c(c2)OCO3)[C@H](C(=O)O)[C@H]1COCC. The molecule has 0 aromatic heterocycles. The van der Waals surface area contributed by atoms with Gasteiger partial charge < -0.3 is 24.2 Å². The number of likely N-dealkylation sites (tertiary alicyclic amines) is 1. The minimum Gasteiger partial charge on any atom is -0.481 e. The van der Waals surface area contributed by atoms with Gasteiger partial charge in [-0.2, -0.15) is 0 Å². The van der Waals surface area contributed by atoms with E-state index in [0.717, 1.165) is 44.3 Å². The summed E-state index contributed by atoms with van der Waals surface area (Å²) < 4.78 is 16.6. The Balaban J connectivity index is 1.82. The van der Waals surface area contributed by atoms with Gasteiger partial charge in [0.25, 0.3) is 0 Å². The molecule has 0 radical (unpaired) electrons. The Labute approximate surface area is 196 Å². The van der Waals surface area contributed by atoms with Gasteiger partial charge in [-0.3, -0.25) is 14.5 Å². The van der Waals surface area contributed by atoms with Gasteiger partial charge in [-0.25, -0.2) is 0 Å². The number of benzene rings is 1. The topological polar surface area (TPSA) is 88.5 Å². The summed E-state index contributed by atoms with van der Waals surface area (Å²) in [4.78, 5) is 29.6. The lowest BCUT2D eigenvalue weighted by Crippen LogP contribution is -2.46. The van der Waals surface area contributed by atoms with Crippen LogP contribution in [0.3, 0.4) is 0 Å². The van der Waals surface area contributed by atoms with E-state index in [1.165, 1.54) is 0 Å². The lowest BCUT2D eigenvalue weighted by molar-refractivity contribution is -0.144. The highest BCUT2D eigenvalue weighted by Crippen LogP contribution is 2.42. The van der Waals surface area contributed by atoms with Crippen LogP contribution in [0.5, 0.6) is 11.5 Å². The van der Waals surface area contributed by atoms with E-state index in [1.807, 2.05) is 34.9 Å². The third-order valence-corrected chi connectivity index (χ3v) is 6.61. The number of carbonyl (C=O) groups is 2. The van der Waals surface area contributed by atoms with E-state index in [-0.39, 0.29) is 37.8 Å². The van der Waals surface area contributed by atoms with Crippen molar-refractivity contribution < 1.29 is 28.9 Å². The molecule has 0 spiro atoms. The molecule has 1 N–H and O–H groups in total. The average molecular weight is 463 g/mol. The Hall–Kier alpha value is -2.32. The molecule has 184 valence electrons. The second-order valence-corrected chi connectivity index (χ2v) is 8.83. The number of ether oxygens (including phenoxy) is 3. The Kier molecular flexibility index (Phi) is 9.38. The first-order valence-electron chi connectivity index (χ1n) is 12.2. The van der Waals surface area contributed by atoms with Crippen LogP contribution in [0.1, 0.15) is 57.9 Å². The fourth-order valence-electron chi connectivity index (χ4n) is 4.75. The van der Waals surface area contributed by atoms with Gasteiger partial charge in [0.15, 0.2) is 11.5 Å². The highest BCUT2D eigenvalue weighted by Gasteiger charge is 2.47. The number of fused-ring (bicyclic) bond motifs is 1. The van der Waals surface area contributed by atoms with Crippen molar-refractivity contribution in [2.24, 2.45) is 5.92 Å². The molecule has 3 atom stereocenters. The van der Waals surface area contributed by atoms with Gasteiger partial charge in [0.05, 0.1) is 19.1 Å². The number of amides is 1. The van der Waals surface area contributed by atoms with Crippen LogP contribution in [0.4, 0.5) is 0 Å². The van der Waals surface area contributed by atoms with Gasteiger partial charge in [0.2, 0.25) is 12.7 Å². The summed E-state index contributed by atoms with van der Waals surface area (Å²) in [6, 6.07) is 5.24. The number of carbonyl (C=O) groups excluding carboxylic acids is 1. The molecule has 2 aliphatic heterocycles. The van der Waals surface area contributed by atoms with E-state index in [1.54, 1.807) is 0 Å². The van der Waals surface area contributed by atoms with Gasteiger partial charge >= 0.3 is 5.97 Å². The summed E-state index contributed by atoms with van der Waals surface area (Å²) in [5.41, 5.74) is 0.886. The fourth-order valence-corrected chi connectivity index (χ4v) is 4.75. The zero-order valence-electron chi connectivity index (χ0n) is 20.1. The quantitative estimate of drug-likeness (QED) is 0.481. The number of nitrogens with zero attached hydrogens (tertiary/aromatic N) is 2. The molecule has 1 fully saturated rings. The molecule has 3 rings (SSSR count). The first-order chi connectivity index (χ1) is 16.0. The predicted octanol–water partition coefficient (Wildman–Crippen LogP) is 3.35. The molecule has 1 amide bonds. The van der Waals surface area contributed by atoms with E-state index in [4.69, 9.17) is 14.2 Å². The highest BCUT2D eigenvalue weighted by molar-refractivity contribution is 5.79. The van der Waals surface area contributed by atoms with Crippen molar-refractivity contribution in [3.05, 3.63) is 23.8 Å². The second kappa shape index (κ2) is 12.2. The third-order valence-electron chi connectivity index (χ3n) is 6.61. The maximum Gasteiger partial charge on any atom is 0.308 e. The highest BCUT2D eigenvalue weighted by atomic mass is 16.7. The molecule has 8 nitrogen and oxygen atoms in total. The zero-order chi connectivity index (χ0) is 23.8. The van der Waals surface area contributed by atoms with Crippen LogP contribution in [-0.2, 0) is 14.3 Å². The molecule has 8 heteroatoms. The Bertz CT molecular complexity index is 793. The van der Waals surface area contributed by atoms with Gasteiger partial charge in [-0.15, -0.1) is 0 Å². The molecule has 1 saturated heterocycles. The molecule has 0 saturated carbocycles. The van der Waals surface area contributed by atoms with Gasteiger partial charge in [-0.1, -0.05) is 32.8 Å². The normalized spacial score (nSPS) is 22.0. The zero-order valence-corrected chi connectivity index (χ0v) is 20.1. The Morgan fingerprint density at radius 1 is 1.12 bits per heavy atom. The average Bonchev–Trinajstić information content (AvgIpc) is 3.41. The van der Waals surface area contributed by atoms with Crippen molar-refractivity contribution in [3.8, 4) is 11.5 Å². The Morgan fingerprint density at radius 2 is 1.82 bits per heavy atom. The number of hydrogen-bond donors (Lipinski definition) is 1. The van der Waals surface area contributed by atoms with Gasteiger partial charge in [0.1, 0.15) is 0 Å². The van der Waals surface area contributed by atoms with Crippen molar-refractivity contribution >= 4 is 11.9 Å². The van der Waals surface area contributed by atoms with E-state index in [2.05, 4.69) is 13.8 Å². The Morgan fingerprint density at radius 3 is 2.45 bits per heavy atom. The predicted molar refractivity (Wildman–Crippen MR) is 125 cm³/mol. The first-order valence-corrected chi connectivity index (χ1v) is 12.2. The summed E-state index contributed by atoms with van der Waals surface area (Å²) in [7, 11) is 0. The van der Waals surface area contributed by atoms with Crippen LogP contribution in [-0.4, -0.2) is 79.0 Å².